The van der Waals surface area contributed by atoms with Gasteiger partial charge in [-0.1, -0.05) is 0 Å². The Morgan fingerprint density at radius 2 is 1.00 bits per heavy atom. The van der Waals surface area contributed by atoms with E-state index in [4.69, 9.17) is 0 Å². The van der Waals surface area contributed by atoms with E-state index in [2.05, 4.69) is 39.1 Å². The minimum absolute atomic E-state index is 0. The van der Waals surface area contributed by atoms with E-state index in [1.165, 1.54) is 0 Å². The molecule has 0 saturated heterocycles. The van der Waals surface area contributed by atoms with Gasteiger partial charge in [0.1, 0.15) is 0 Å². The number of hydrogen-bond acceptors (Lipinski definition) is 0. The van der Waals surface area contributed by atoms with E-state index in [0.29, 0.717) is 0 Å². The van der Waals surface area contributed by atoms with E-state index in [0.717, 1.165) is 0 Å². The molecule has 0 radical (unpaired) electrons. The monoisotopic (exact) mass is 436 g/mol. The van der Waals surface area contributed by atoms with Crippen LogP contribution in [0.25, 0.3) is 0 Å². The second-order valence-electron chi connectivity index (χ2n) is 0.192. The normalized spacial score (nSPS) is 7.20. The van der Waals surface area contributed by atoms with Gasteiger partial charge in [0, 0.05) is 0 Å². The summed E-state index contributed by atoms with van der Waals surface area (Å²) in [6, 6.07) is 0. The molecular weight excluding hydrogens is 437 g/mol. The van der Waals surface area contributed by atoms with Crippen LogP contribution >= 0.6 is 39.1 Å². The molecule has 0 rings (SSSR count). The van der Waals surface area contributed by atoms with Gasteiger partial charge >= 0.3 is 51.1 Å². The molecule has 0 heterocycles. The quantitative estimate of drug-likeness (QED) is 0.552. The number of rotatable bonds is 0. The van der Waals surface area contributed by atoms with Crippen LogP contribution in [0.3, 0.4) is 0 Å². The molecule has 0 spiro atoms. The molecule has 2 N–H and O–H groups in total. The van der Waals surface area contributed by atoms with Crippen LogP contribution in [0.4, 0.5) is 0 Å². The summed E-state index contributed by atoms with van der Waals surface area (Å²) in [5.41, 5.74) is 0. The molecule has 1 nitrogen and oxygen atoms in total. The van der Waals surface area contributed by atoms with E-state index in [-0.39, 0.29) is 5.48 Å². The van der Waals surface area contributed by atoms with Gasteiger partial charge in [0.05, 0.1) is 0 Å². The molecule has 0 atom stereocenters. The van der Waals surface area contributed by atoms with E-state index in [9.17, 15) is 0 Å². The molecule has 0 bridgehead atoms. The SMILES string of the molecule is O.[Br][Ta]([Br])[Br]. The van der Waals surface area contributed by atoms with Crippen LogP contribution in [0, 0.1) is 0 Å². The van der Waals surface area contributed by atoms with Crippen molar-refractivity contribution in [3.63, 3.8) is 0 Å². The van der Waals surface area contributed by atoms with Crippen molar-refractivity contribution in [1.29, 1.82) is 0 Å². The van der Waals surface area contributed by atoms with Crippen molar-refractivity contribution in [2.45, 2.75) is 0 Å². The molecule has 0 aliphatic heterocycles. The van der Waals surface area contributed by atoms with Crippen LogP contribution in [-0.4, -0.2) is 5.48 Å². The number of halogens is 3. The Hall–Kier alpha value is 2.14. The van der Waals surface area contributed by atoms with Crippen LogP contribution in [0.2, 0.25) is 0 Å². The van der Waals surface area contributed by atoms with Gasteiger partial charge in [-0.25, -0.2) is 0 Å². The van der Waals surface area contributed by atoms with E-state index < -0.39 is 12.0 Å². The first kappa shape index (κ1) is 10.2. The van der Waals surface area contributed by atoms with E-state index in [1.54, 1.807) is 0 Å². The molecule has 0 fully saturated rings. The molecule has 0 aliphatic carbocycles. The Kier molecular flexibility index (Phi) is 12.5. The van der Waals surface area contributed by atoms with Gasteiger partial charge in [-0.15, -0.1) is 0 Å². The second kappa shape index (κ2) is 6.14. The Bertz CT molecular complexity index is 11.6. The summed E-state index contributed by atoms with van der Waals surface area (Å²) in [5, 5.41) is 0. The third-order valence-electron chi connectivity index (χ3n) is 0. The molecule has 5 heteroatoms. The van der Waals surface area contributed by atoms with Gasteiger partial charge < -0.3 is 5.48 Å². The summed E-state index contributed by atoms with van der Waals surface area (Å²) < 4.78 is 0. The number of hydrogen-bond donors (Lipinski definition) is 0. The summed E-state index contributed by atoms with van der Waals surface area (Å²) in [4.78, 5) is 0. The standard InChI is InChI=1S/3BrH.H2O.Ta/h3*1H;1H2;/q;;;;+3/p-3. The van der Waals surface area contributed by atoms with E-state index >= 15 is 0 Å². The zero-order valence-electron chi connectivity index (χ0n) is 2.08. The molecule has 0 aliphatic rings. The summed E-state index contributed by atoms with van der Waals surface area (Å²) in [7, 11) is 0. The van der Waals surface area contributed by atoms with Gasteiger partial charge in [-0.05, 0) is 0 Å². The average molecular weight is 439 g/mol. The first-order valence-corrected chi connectivity index (χ1v) is 21.6. The van der Waals surface area contributed by atoms with Gasteiger partial charge in [0.2, 0.25) is 0 Å². The van der Waals surface area contributed by atoms with Gasteiger partial charge in [0.15, 0.2) is 0 Å². The Labute approximate surface area is 55.8 Å². The average Bonchev–Trinajstić information content (AvgIpc) is 0.811. The van der Waals surface area contributed by atoms with Crippen molar-refractivity contribution in [3.8, 4) is 0 Å². The first-order chi connectivity index (χ1) is 1.73. The minimum atomic E-state index is -1.16. The molecule has 0 unspecified atom stereocenters. The molecule has 0 saturated carbocycles. The van der Waals surface area contributed by atoms with Crippen molar-refractivity contribution in [2.75, 3.05) is 0 Å². The van der Waals surface area contributed by atoms with Crippen LogP contribution < -0.4 is 0 Å². The van der Waals surface area contributed by atoms with Crippen molar-refractivity contribution in [3.05, 3.63) is 0 Å². The first-order valence-electron chi connectivity index (χ1n) is 0.507. The third kappa shape index (κ3) is 23.0. The topological polar surface area (TPSA) is 31.5 Å². The maximum absolute atomic E-state index is 3.31. The Morgan fingerprint density at radius 3 is 1.00 bits per heavy atom. The van der Waals surface area contributed by atoms with Crippen LogP contribution in [-0.2, 0) is 12.0 Å². The molecule has 0 amide bonds. The van der Waals surface area contributed by atoms with Crippen LogP contribution in [0.1, 0.15) is 0 Å². The zero-order valence-corrected chi connectivity index (χ0v) is 10.1. The van der Waals surface area contributed by atoms with Gasteiger partial charge in [-0.2, -0.15) is 0 Å². The van der Waals surface area contributed by atoms with E-state index in [1.807, 2.05) is 0 Å². The molecule has 0 aromatic rings. The summed E-state index contributed by atoms with van der Waals surface area (Å²) in [6.45, 7) is 0. The van der Waals surface area contributed by atoms with Gasteiger partial charge in [0.25, 0.3) is 0 Å². The predicted molar refractivity (Wildman–Crippen MR) is 30.4 cm³/mol. The Morgan fingerprint density at radius 1 is 1.00 bits per heavy atom. The van der Waals surface area contributed by atoms with Crippen molar-refractivity contribution in [2.24, 2.45) is 0 Å². The van der Waals surface area contributed by atoms with Crippen molar-refractivity contribution >= 4 is 39.1 Å². The van der Waals surface area contributed by atoms with Crippen LogP contribution in [0.15, 0.2) is 0 Å². The summed E-state index contributed by atoms with van der Waals surface area (Å²) >= 11 is 8.77. The third-order valence-corrected chi connectivity index (χ3v) is 0. The maximum atomic E-state index is 3.31. The van der Waals surface area contributed by atoms with Crippen molar-refractivity contribution < 1.29 is 17.5 Å². The predicted octanol–water partition coefficient (Wildman–Crippen LogP) is 1.71. The summed E-state index contributed by atoms with van der Waals surface area (Å²) in [5.74, 6) is 0. The Balaban J connectivity index is 0. The van der Waals surface area contributed by atoms with Crippen molar-refractivity contribution in [1.82, 2.24) is 0 Å². The summed E-state index contributed by atoms with van der Waals surface area (Å²) in [6.07, 6.45) is 0. The molecule has 34 valence electrons. The fourth-order valence-electron chi connectivity index (χ4n) is 0. The molecule has 5 heavy (non-hydrogen) atoms. The zero-order chi connectivity index (χ0) is 3.58. The van der Waals surface area contributed by atoms with Gasteiger partial charge in [-0.3, -0.25) is 0 Å². The molecule has 0 aromatic carbocycles. The second-order valence-corrected chi connectivity index (χ2v) is 42.4. The molecular formula is H2Br3OTa. The fourth-order valence-corrected chi connectivity index (χ4v) is 0. The molecule has 0 aromatic heterocycles. The van der Waals surface area contributed by atoms with Crippen LogP contribution in [0.5, 0.6) is 0 Å². The fraction of sp³-hybridized carbons (Fsp3) is 0.